The molecule has 9 heteroatoms. The molecular formula is C13H16N8S. The van der Waals surface area contributed by atoms with E-state index in [0.29, 0.717) is 0 Å². The van der Waals surface area contributed by atoms with E-state index in [1.807, 2.05) is 23.0 Å². The number of anilines is 1. The van der Waals surface area contributed by atoms with Gasteiger partial charge in [-0.1, -0.05) is 4.49 Å². The van der Waals surface area contributed by atoms with Crippen molar-refractivity contribution in [1.29, 1.82) is 0 Å². The largest absolute Gasteiger partial charge is 0.353 e. The monoisotopic (exact) mass is 316 g/mol. The first-order valence-electron chi connectivity index (χ1n) is 7.20. The van der Waals surface area contributed by atoms with Crippen LogP contribution in [0.3, 0.4) is 0 Å². The normalized spacial score (nSPS) is 16.5. The smallest absolute Gasteiger partial charge is 0.176 e. The predicted molar refractivity (Wildman–Crippen MR) is 82.9 cm³/mol. The molecule has 0 bridgehead atoms. The molecule has 0 radical (unpaired) electrons. The van der Waals surface area contributed by atoms with Crippen molar-refractivity contribution >= 4 is 23.0 Å². The first kappa shape index (κ1) is 13.5. The van der Waals surface area contributed by atoms with Gasteiger partial charge in [0.05, 0.1) is 18.1 Å². The van der Waals surface area contributed by atoms with Gasteiger partial charge < -0.3 is 4.90 Å². The van der Waals surface area contributed by atoms with Crippen molar-refractivity contribution < 1.29 is 0 Å². The van der Waals surface area contributed by atoms with E-state index in [4.69, 9.17) is 0 Å². The molecule has 0 aromatic carbocycles. The molecule has 0 N–H and O–H groups in total. The second-order valence-electron chi connectivity index (χ2n) is 5.35. The highest BCUT2D eigenvalue weighted by molar-refractivity contribution is 7.03. The second-order valence-corrected chi connectivity index (χ2v) is 5.96. The van der Waals surface area contributed by atoms with E-state index in [9.17, 15) is 0 Å². The molecule has 1 fully saturated rings. The van der Waals surface area contributed by atoms with Crippen LogP contribution in [0, 0.1) is 6.92 Å². The lowest BCUT2D eigenvalue weighted by Gasteiger charge is -2.35. The lowest BCUT2D eigenvalue weighted by Crippen LogP contribution is -2.46. The summed E-state index contributed by atoms with van der Waals surface area (Å²) in [5, 5.41) is 10.6. The molecule has 1 aliphatic rings. The Morgan fingerprint density at radius 1 is 1.18 bits per heavy atom. The summed E-state index contributed by atoms with van der Waals surface area (Å²) < 4.78 is 5.79. The van der Waals surface area contributed by atoms with E-state index < -0.39 is 0 Å². The van der Waals surface area contributed by atoms with Crippen molar-refractivity contribution in [3.05, 3.63) is 29.3 Å². The number of piperazine rings is 1. The maximum absolute atomic E-state index is 4.46. The van der Waals surface area contributed by atoms with E-state index in [1.54, 1.807) is 6.20 Å². The molecule has 8 nitrogen and oxygen atoms in total. The Morgan fingerprint density at radius 3 is 2.82 bits per heavy atom. The highest BCUT2D eigenvalue weighted by atomic mass is 32.1. The van der Waals surface area contributed by atoms with Crippen molar-refractivity contribution in [1.82, 2.24) is 34.1 Å². The van der Waals surface area contributed by atoms with Crippen LogP contribution in [0.15, 0.2) is 17.8 Å². The van der Waals surface area contributed by atoms with Gasteiger partial charge in [-0.3, -0.25) is 9.88 Å². The second kappa shape index (κ2) is 5.58. The predicted octanol–water partition coefficient (Wildman–Crippen LogP) is 0.606. The molecule has 22 heavy (non-hydrogen) atoms. The number of fused-ring (bicyclic) bond motifs is 1. The number of hydrogen-bond acceptors (Lipinski definition) is 8. The Hall–Kier alpha value is -2.13. The van der Waals surface area contributed by atoms with Crippen LogP contribution >= 0.6 is 11.5 Å². The maximum atomic E-state index is 4.46. The van der Waals surface area contributed by atoms with Crippen LogP contribution in [-0.4, -0.2) is 60.2 Å². The van der Waals surface area contributed by atoms with E-state index in [2.05, 4.69) is 34.5 Å². The topological polar surface area (TPSA) is 75.3 Å². The van der Waals surface area contributed by atoms with Crippen molar-refractivity contribution in [3.63, 3.8) is 0 Å². The van der Waals surface area contributed by atoms with Gasteiger partial charge in [0, 0.05) is 38.1 Å². The Labute approximate surface area is 131 Å². The van der Waals surface area contributed by atoms with E-state index in [-0.39, 0.29) is 0 Å². The molecule has 114 valence electrons. The molecule has 4 rings (SSSR count). The zero-order valence-electron chi connectivity index (χ0n) is 12.3. The van der Waals surface area contributed by atoms with Crippen LogP contribution in [0.2, 0.25) is 0 Å². The minimum atomic E-state index is 0.768. The van der Waals surface area contributed by atoms with Crippen LogP contribution in [0.4, 0.5) is 5.82 Å². The highest BCUT2D eigenvalue weighted by Crippen LogP contribution is 2.17. The maximum Gasteiger partial charge on any atom is 0.176 e. The third kappa shape index (κ3) is 2.53. The van der Waals surface area contributed by atoms with Crippen molar-refractivity contribution in [2.45, 2.75) is 13.5 Å². The summed E-state index contributed by atoms with van der Waals surface area (Å²) >= 11 is 1.40. The third-order valence-electron chi connectivity index (χ3n) is 3.82. The molecule has 1 aliphatic heterocycles. The Bertz CT molecular complexity index is 760. The van der Waals surface area contributed by atoms with Crippen LogP contribution in [-0.2, 0) is 6.54 Å². The Kier molecular flexibility index (Phi) is 3.43. The SMILES string of the molecule is Cc1nc2cncc(N3CCN(Cc4csnn4)CC3)n2n1. The van der Waals surface area contributed by atoms with Gasteiger partial charge in [0.25, 0.3) is 0 Å². The van der Waals surface area contributed by atoms with Gasteiger partial charge in [-0.15, -0.1) is 10.2 Å². The first-order chi connectivity index (χ1) is 10.8. The first-order valence-corrected chi connectivity index (χ1v) is 8.04. The fraction of sp³-hybridized carbons (Fsp3) is 0.462. The van der Waals surface area contributed by atoms with Gasteiger partial charge in [-0.25, -0.2) is 4.98 Å². The van der Waals surface area contributed by atoms with Gasteiger partial charge in [-0.2, -0.15) is 4.52 Å². The standard InChI is InChI=1S/C13H16N8S/c1-10-15-12-6-14-7-13(21(12)17-10)20-4-2-19(3-5-20)8-11-9-22-18-16-11/h6-7,9H,2-5,8H2,1H3. The molecule has 0 unspecified atom stereocenters. The fourth-order valence-electron chi connectivity index (χ4n) is 2.74. The molecule has 0 aliphatic carbocycles. The molecule has 1 saturated heterocycles. The summed E-state index contributed by atoms with van der Waals surface area (Å²) in [6, 6.07) is 0. The lowest BCUT2D eigenvalue weighted by atomic mass is 10.3. The Balaban J connectivity index is 1.48. The zero-order valence-corrected chi connectivity index (χ0v) is 13.1. The summed E-state index contributed by atoms with van der Waals surface area (Å²) in [5.74, 6) is 1.77. The average Bonchev–Trinajstić information content (AvgIpc) is 3.16. The molecule has 3 aromatic rings. The average molecular weight is 316 g/mol. The summed E-state index contributed by atoms with van der Waals surface area (Å²) in [7, 11) is 0. The molecule has 0 amide bonds. The fourth-order valence-corrected chi connectivity index (χ4v) is 3.18. The molecule has 3 aromatic heterocycles. The summed E-state index contributed by atoms with van der Waals surface area (Å²) in [5.41, 5.74) is 1.85. The molecule has 0 atom stereocenters. The van der Waals surface area contributed by atoms with Crippen LogP contribution in [0.25, 0.3) is 5.65 Å². The molecule has 0 saturated carbocycles. The number of hydrogen-bond donors (Lipinski definition) is 0. The van der Waals surface area contributed by atoms with E-state index in [1.165, 1.54) is 11.5 Å². The Morgan fingerprint density at radius 2 is 2.05 bits per heavy atom. The quantitative estimate of drug-likeness (QED) is 0.700. The molecule has 4 heterocycles. The summed E-state index contributed by atoms with van der Waals surface area (Å²) in [4.78, 5) is 13.4. The van der Waals surface area contributed by atoms with Crippen LogP contribution in [0.1, 0.15) is 11.5 Å². The number of rotatable bonds is 3. The minimum absolute atomic E-state index is 0.768. The van der Waals surface area contributed by atoms with E-state index >= 15 is 0 Å². The lowest BCUT2D eigenvalue weighted by molar-refractivity contribution is 0.246. The summed E-state index contributed by atoms with van der Waals surface area (Å²) in [6.45, 7) is 6.63. The summed E-state index contributed by atoms with van der Waals surface area (Å²) in [6.07, 6.45) is 3.61. The van der Waals surface area contributed by atoms with Gasteiger partial charge in [-0.05, 0) is 18.5 Å². The van der Waals surface area contributed by atoms with Crippen molar-refractivity contribution in [3.8, 4) is 0 Å². The zero-order chi connectivity index (χ0) is 14.9. The minimum Gasteiger partial charge on any atom is -0.353 e. The number of aromatic nitrogens is 6. The van der Waals surface area contributed by atoms with Crippen molar-refractivity contribution in [2.75, 3.05) is 31.1 Å². The van der Waals surface area contributed by atoms with Gasteiger partial charge in [0.15, 0.2) is 11.5 Å². The van der Waals surface area contributed by atoms with Gasteiger partial charge in [0.2, 0.25) is 0 Å². The number of nitrogens with zero attached hydrogens (tertiary/aromatic N) is 8. The molecular weight excluding hydrogens is 300 g/mol. The number of aryl methyl sites for hydroxylation is 1. The third-order valence-corrected chi connectivity index (χ3v) is 4.38. The van der Waals surface area contributed by atoms with Crippen LogP contribution < -0.4 is 4.90 Å². The highest BCUT2D eigenvalue weighted by Gasteiger charge is 2.20. The van der Waals surface area contributed by atoms with Gasteiger partial charge >= 0.3 is 0 Å². The molecule has 0 spiro atoms. The van der Waals surface area contributed by atoms with Crippen LogP contribution in [0.5, 0.6) is 0 Å². The van der Waals surface area contributed by atoms with Gasteiger partial charge in [0.1, 0.15) is 5.82 Å². The van der Waals surface area contributed by atoms with Crippen molar-refractivity contribution in [2.24, 2.45) is 0 Å². The van der Waals surface area contributed by atoms with E-state index in [0.717, 1.165) is 55.7 Å².